The number of ether oxygens (including phenoxy) is 1. The molecule has 0 fully saturated rings. The monoisotopic (exact) mass is 599 g/mol. The lowest BCUT2D eigenvalue weighted by molar-refractivity contribution is -0.140. The Morgan fingerprint density at radius 3 is 2.32 bits per heavy atom. The highest BCUT2D eigenvalue weighted by Crippen LogP contribution is 2.28. The van der Waals surface area contributed by atoms with Gasteiger partial charge in [-0.2, -0.15) is 0 Å². The molecule has 3 rings (SSSR count). The number of anilines is 1. The second kappa shape index (κ2) is 14.9. The fourth-order valence-electron chi connectivity index (χ4n) is 4.47. The Kier molecular flexibility index (Phi) is 11.6. The summed E-state index contributed by atoms with van der Waals surface area (Å²) < 4.78 is 34.1. The number of carbonyl (C=O) groups excluding carboxylic acids is 2. The number of sulfonamides is 1. The summed E-state index contributed by atoms with van der Waals surface area (Å²) in [7, 11) is -2.71. The quantitative estimate of drug-likeness (QED) is 0.244. The summed E-state index contributed by atoms with van der Waals surface area (Å²) in [6.45, 7) is 5.94. The van der Waals surface area contributed by atoms with Crippen LogP contribution >= 0.6 is 11.6 Å². The molecule has 2 amide bonds. The van der Waals surface area contributed by atoms with E-state index in [9.17, 15) is 18.0 Å². The molecular formula is C31H38ClN3O5S. The molecule has 3 aromatic rings. The van der Waals surface area contributed by atoms with E-state index in [1.54, 1.807) is 30.3 Å². The lowest BCUT2D eigenvalue weighted by Gasteiger charge is -2.33. The minimum absolute atomic E-state index is 0.0133. The first-order valence-corrected chi connectivity index (χ1v) is 15.5. The zero-order valence-corrected chi connectivity index (χ0v) is 25.5. The highest BCUT2D eigenvalue weighted by atomic mass is 35.5. The molecule has 0 aliphatic heterocycles. The van der Waals surface area contributed by atoms with Crippen molar-refractivity contribution < 1.29 is 22.7 Å². The van der Waals surface area contributed by atoms with Gasteiger partial charge in [0, 0.05) is 18.1 Å². The molecule has 8 nitrogen and oxygen atoms in total. The minimum Gasteiger partial charge on any atom is -0.497 e. The third-order valence-electron chi connectivity index (χ3n) is 6.67. The van der Waals surface area contributed by atoms with Gasteiger partial charge in [0.1, 0.15) is 18.3 Å². The molecule has 10 heteroatoms. The van der Waals surface area contributed by atoms with Crippen LogP contribution in [0.2, 0.25) is 5.02 Å². The van der Waals surface area contributed by atoms with Crippen molar-refractivity contribution in [1.29, 1.82) is 0 Å². The van der Waals surface area contributed by atoms with E-state index in [-0.39, 0.29) is 23.0 Å². The summed E-state index contributed by atoms with van der Waals surface area (Å²) in [5.74, 6) is -0.283. The highest BCUT2D eigenvalue weighted by molar-refractivity contribution is 7.92. The number of benzene rings is 3. The van der Waals surface area contributed by atoms with E-state index in [2.05, 4.69) is 5.32 Å². The van der Waals surface area contributed by atoms with Crippen LogP contribution in [-0.4, -0.2) is 51.4 Å². The summed E-state index contributed by atoms with van der Waals surface area (Å²) in [6, 6.07) is 19.2. The van der Waals surface area contributed by atoms with Gasteiger partial charge in [0.05, 0.1) is 17.7 Å². The maximum absolute atomic E-state index is 14.1. The van der Waals surface area contributed by atoms with Gasteiger partial charge in [-0.05, 0) is 67.8 Å². The Morgan fingerprint density at radius 2 is 1.71 bits per heavy atom. The van der Waals surface area contributed by atoms with Gasteiger partial charge in [-0.15, -0.1) is 0 Å². The van der Waals surface area contributed by atoms with E-state index in [1.165, 1.54) is 30.2 Å². The Hall–Kier alpha value is -3.56. The number of amides is 2. The average Bonchev–Trinajstić information content (AvgIpc) is 2.95. The van der Waals surface area contributed by atoms with Crippen molar-refractivity contribution in [3.8, 4) is 5.75 Å². The first-order valence-electron chi connectivity index (χ1n) is 13.7. The first-order chi connectivity index (χ1) is 19.6. The third-order valence-corrected chi connectivity index (χ3v) is 8.70. The van der Waals surface area contributed by atoms with Crippen LogP contribution in [-0.2, 0) is 26.2 Å². The molecule has 0 saturated carbocycles. The molecule has 1 atom stereocenters. The minimum atomic E-state index is -4.20. The molecule has 220 valence electrons. The molecule has 0 aliphatic carbocycles. The Labute approximate surface area is 248 Å². The first kappa shape index (κ1) is 32.0. The Morgan fingerprint density at radius 1 is 1.00 bits per heavy atom. The second-order valence-electron chi connectivity index (χ2n) is 9.75. The van der Waals surface area contributed by atoms with E-state index >= 15 is 0 Å². The van der Waals surface area contributed by atoms with Gasteiger partial charge >= 0.3 is 0 Å². The smallest absolute Gasteiger partial charge is 0.264 e. The van der Waals surface area contributed by atoms with Crippen LogP contribution in [0.4, 0.5) is 5.69 Å². The molecule has 3 aromatic carbocycles. The van der Waals surface area contributed by atoms with Crippen LogP contribution in [0.15, 0.2) is 77.7 Å². The van der Waals surface area contributed by atoms with Crippen molar-refractivity contribution >= 4 is 39.1 Å². The molecule has 1 N–H and O–H groups in total. The maximum atomic E-state index is 14.1. The molecule has 0 aliphatic rings. The molecule has 41 heavy (non-hydrogen) atoms. The van der Waals surface area contributed by atoms with Crippen LogP contribution in [0, 0.1) is 6.92 Å². The van der Waals surface area contributed by atoms with E-state index in [0.717, 1.165) is 28.3 Å². The van der Waals surface area contributed by atoms with Gasteiger partial charge in [0.25, 0.3) is 10.0 Å². The number of methoxy groups -OCH3 is 1. The largest absolute Gasteiger partial charge is 0.497 e. The summed E-state index contributed by atoms with van der Waals surface area (Å²) in [6.07, 6.45) is 2.09. The summed E-state index contributed by atoms with van der Waals surface area (Å²) >= 11 is 6.23. The molecule has 0 heterocycles. The van der Waals surface area contributed by atoms with Gasteiger partial charge in [-0.3, -0.25) is 13.9 Å². The lowest BCUT2D eigenvalue weighted by Crippen LogP contribution is -2.52. The van der Waals surface area contributed by atoms with Crippen molar-refractivity contribution in [2.24, 2.45) is 0 Å². The number of unbranched alkanes of at least 4 members (excludes halogenated alkanes) is 1. The van der Waals surface area contributed by atoms with Gasteiger partial charge < -0.3 is 15.0 Å². The summed E-state index contributed by atoms with van der Waals surface area (Å²) in [5.41, 5.74) is 2.08. The number of nitrogens with zero attached hydrogens (tertiary/aromatic N) is 2. The van der Waals surface area contributed by atoms with Crippen LogP contribution < -0.4 is 14.4 Å². The lowest BCUT2D eigenvalue weighted by atomic mass is 10.1. The highest BCUT2D eigenvalue weighted by Gasteiger charge is 2.33. The van der Waals surface area contributed by atoms with Crippen molar-refractivity contribution in [3.05, 3.63) is 88.9 Å². The molecular weight excluding hydrogens is 562 g/mol. The number of carbonyl (C=O) groups is 2. The van der Waals surface area contributed by atoms with Gasteiger partial charge in [-0.25, -0.2) is 8.42 Å². The van der Waals surface area contributed by atoms with Crippen LogP contribution in [0.25, 0.3) is 0 Å². The molecule has 0 bridgehead atoms. The van der Waals surface area contributed by atoms with E-state index in [1.807, 2.05) is 45.0 Å². The Bertz CT molecular complexity index is 1430. The predicted molar refractivity (Wildman–Crippen MR) is 163 cm³/mol. The van der Waals surface area contributed by atoms with Gasteiger partial charge in [-0.1, -0.05) is 67.8 Å². The summed E-state index contributed by atoms with van der Waals surface area (Å²) in [4.78, 5) is 28.8. The number of hydrogen-bond acceptors (Lipinski definition) is 5. The van der Waals surface area contributed by atoms with E-state index in [0.29, 0.717) is 23.7 Å². The SMILES string of the molecule is CCCCNC(=O)[C@H](CC)N(Cc1cccc(C)c1)C(=O)CN(c1cccc(Cl)c1)S(=O)(=O)c1ccc(OC)cc1. The molecule has 0 aromatic heterocycles. The van der Waals surface area contributed by atoms with Crippen LogP contribution in [0.3, 0.4) is 0 Å². The predicted octanol–water partition coefficient (Wildman–Crippen LogP) is 5.58. The molecule has 0 saturated heterocycles. The number of halogens is 1. The van der Waals surface area contributed by atoms with Crippen LogP contribution in [0.1, 0.15) is 44.2 Å². The fourth-order valence-corrected chi connectivity index (χ4v) is 6.06. The third kappa shape index (κ3) is 8.47. The van der Waals surface area contributed by atoms with Crippen molar-refractivity contribution in [2.75, 3.05) is 24.5 Å². The molecule has 0 radical (unpaired) electrons. The standard InChI is InChI=1S/C31H38ClN3O5S/c1-5-7-18-33-31(37)29(6-2)34(21-24-11-8-10-23(3)19-24)30(36)22-35(26-13-9-12-25(32)20-26)41(38,39)28-16-14-27(40-4)15-17-28/h8-17,19-20,29H,5-7,18,21-22H2,1-4H3,(H,33,37)/t29-/m0/s1. The number of rotatable bonds is 14. The number of aryl methyl sites for hydroxylation is 1. The molecule has 0 spiro atoms. The van der Waals surface area contributed by atoms with E-state index in [4.69, 9.17) is 16.3 Å². The zero-order valence-electron chi connectivity index (χ0n) is 24.0. The topological polar surface area (TPSA) is 96.0 Å². The second-order valence-corrected chi connectivity index (χ2v) is 12.0. The maximum Gasteiger partial charge on any atom is 0.264 e. The number of nitrogens with one attached hydrogen (secondary N) is 1. The average molecular weight is 600 g/mol. The Balaban J connectivity index is 2.04. The van der Waals surface area contributed by atoms with E-state index < -0.39 is 28.5 Å². The van der Waals surface area contributed by atoms with Gasteiger partial charge in [0.2, 0.25) is 11.8 Å². The van der Waals surface area contributed by atoms with Crippen molar-refractivity contribution in [3.63, 3.8) is 0 Å². The fraction of sp³-hybridized carbons (Fsp3) is 0.355. The van der Waals surface area contributed by atoms with Crippen LogP contribution in [0.5, 0.6) is 5.75 Å². The zero-order chi connectivity index (χ0) is 30.0. The molecule has 0 unspecified atom stereocenters. The normalized spacial score (nSPS) is 11.9. The van der Waals surface area contributed by atoms with Gasteiger partial charge in [0.15, 0.2) is 0 Å². The van der Waals surface area contributed by atoms with Crippen molar-refractivity contribution in [1.82, 2.24) is 10.2 Å². The summed E-state index contributed by atoms with van der Waals surface area (Å²) in [5, 5.41) is 3.25. The number of hydrogen-bond donors (Lipinski definition) is 1. The van der Waals surface area contributed by atoms with Crippen molar-refractivity contribution in [2.45, 2.75) is 57.5 Å².